The van der Waals surface area contributed by atoms with Gasteiger partial charge in [0.05, 0.1) is 11.3 Å². The molecule has 0 atom stereocenters. The van der Waals surface area contributed by atoms with Gasteiger partial charge in [0.2, 0.25) is 0 Å². The fourth-order valence-corrected chi connectivity index (χ4v) is 4.85. The van der Waals surface area contributed by atoms with Crippen LogP contribution in [-0.2, 0) is 13.1 Å². The minimum atomic E-state index is -0.190. The maximum atomic E-state index is 12.8. The van der Waals surface area contributed by atoms with Crippen LogP contribution in [0.3, 0.4) is 0 Å². The molecule has 0 bridgehead atoms. The van der Waals surface area contributed by atoms with E-state index in [1.54, 1.807) is 18.2 Å². The van der Waals surface area contributed by atoms with E-state index in [-0.39, 0.29) is 11.8 Å². The minimum Gasteiger partial charge on any atom is -0.348 e. The highest BCUT2D eigenvalue weighted by atomic mass is 32.2. The van der Waals surface area contributed by atoms with Gasteiger partial charge in [-0.25, -0.2) is 0 Å². The van der Waals surface area contributed by atoms with Crippen molar-refractivity contribution in [3.63, 3.8) is 0 Å². The molecule has 2 amide bonds. The van der Waals surface area contributed by atoms with Crippen LogP contribution in [0, 0.1) is 0 Å². The van der Waals surface area contributed by atoms with Gasteiger partial charge in [0, 0.05) is 28.4 Å². The Morgan fingerprint density at radius 3 is 2.21 bits per heavy atom. The van der Waals surface area contributed by atoms with Crippen LogP contribution in [0.25, 0.3) is 11.1 Å². The third kappa shape index (κ3) is 4.59. The van der Waals surface area contributed by atoms with Crippen LogP contribution in [0.15, 0.2) is 101 Å². The highest BCUT2D eigenvalue weighted by Gasteiger charge is 2.20. The molecule has 1 heterocycles. The molecule has 0 saturated heterocycles. The van der Waals surface area contributed by atoms with E-state index >= 15 is 0 Å². The number of rotatable bonds is 5. The van der Waals surface area contributed by atoms with E-state index in [9.17, 15) is 9.59 Å². The number of fused-ring (bicyclic) bond motifs is 2. The summed E-state index contributed by atoms with van der Waals surface area (Å²) in [6.45, 7) is 0.941. The first-order chi connectivity index (χ1) is 16.6. The standard InChI is InChI=1S/C28H23N3O2S/c29-16-18-5-9-20(10-6-18)21-11-7-19(8-12-21)17-30-27(32)22-13-14-26-24(15-22)31-28(33)23-3-1-2-4-25(23)34-26/h1-15H,16-17,29H2,(H,30,32)(H,31,33). The SMILES string of the molecule is NCc1ccc(-c2ccc(CNC(=O)c3ccc4c(c3)NC(=O)c3ccccc3S4)cc2)cc1. The molecular weight excluding hydrogens is 442 g/mol. The van der Waals surface area contributed by atoms with Gasteiger partial charge in [-0.1, -0.05) is 72.4 Å². The first-order valence-electron chi connectivity index (χ1n) is 11.0. The van der Waals surface area contributed by atoms with Crippen LogP contribution in [-0.4, -0.2) is 11.8 Å². The average Bonchev–Trinajstić information content (AvgIpc) is 3.03. The van der Waals surface area contributed by atoms with Crippen LogP contribution < -0.4 is 16.4 Å². The molecule has 0 radical (unpaired) electrons. The fraction of sp³-hybridized carbons (Fsp3) is 0.0714. The largest absolute Gasteiger partial charge is 0.348 e. The predicted molar refractivity (Wildman–Crippen MR) is 136 cm³/mol. The van der Waals surface area contributed by atoms with Crippen LogP contribution in [0.5, 0.6) is 0 Å². The third-order valence-corrected chi connectivity index (χ3v) is 6.92. The Labute approximate surface area is 202 Å². The van der Waals surface area contributed by atoms with E-state index in [1.807, 2.05) is 60.7 Å². The molecule has 1 aliphatic heterocycles. The highest BCUT2D eigenvalue weighted by Crippen LogP contribution is 2.39. The van der Waals surface area contributed by atoms with Crippen molar-refractivity contribution in [3.05, 3.63) is 113 Å². The Balaban J connectivity index is 1.25. The average molecular weight is 466 g/mol. The zero-order valence-corrected chi connectivity index (χ0v) is 19.2. The van der Waals surface area contributed by atoms with E-state index in [2.05, 4.69) is 22.8 Å². The summed E-state index contributed by atoms with van der Waals surface area (Å²) in [5.41, 5.74) is 11.8. The molecule has 6 heteroatoms. The third-order valence-electron chi connectivity index (χ3n) is 5.77. The lowest BCUT2D eigenvalue weighted by molar-refractivity contribution is 0.0949. The lowest BCUT2D eigenvalue weighted by Crippen LogP contribution is -2.23. The number of hydrogen-bond acceptors (Lipinski definition) is 4. The topological polar surface area (TPSA) is 84.2 Å². The molecule has 168 valence electrons. The summed E-state index contributed by atoms with van der Waals surface area (Å²) in [4.78, 5) is 27.2. The molecule has 0 aromatic heterocycles. The van der Waals surface area contributed by atoms with Crippen molar-refractivity contribution in [2.75, 3.05) is 5.32 Å². The van der Waals surface area contributed by atoms with E-state index in [0.29, 0.717) is 29.9 Å². The zero-order valence-electron chi connectivity index (χ0n) is 18.4. The molecular formula is C28H23N3O2S. The van der Waals surface area contributed by atoms with Crippen molar-refractivity contribution in [3.8, 4) is 11.1 Å². The molecule has 34 heavy (non-hydrogen) atoms. The van der Waals surface area contributed by atoms with E-state index in [1.165, 1.54) is 11.8 Å². The second-order valence-corrected chi connectivity index (χ2v) is 9.13. The van der Waals surface area contributed by atoms with E-state index in [0.717, 1.165) is 32.0 Å². The molecule has 0 unspecified atom stereocenters. The molecule has 4 aromatic carbocycles. The molecule has 0 saturated carbocycles. The Bertz CT molecular complexity index is 1370. The van der Waals surface area contributed by atoms with Gasteiger partial charge in [-0.2, -0.15) is 0 Å². The Kier molecular flexibility index (Phi) is 6.16. The smallest absolute Gasteiger partial charge is 0.256 e. The number of carbonyl (C=O) groups is 2. The van der Waals surface area contributed by atoms with Crippen LogP contribution in [0.4, 0.5) is 5.69 Å². The zero-order chi connectivity index (χ0) is 23.5. The second kappa shape index (κ2) is 9.55. The summed E-state index contributed by atoms with van der Waals surface area (Å²) >= 11 is 1.52. The van der Waals surface area contributed by atoms with E-state index in [4.69, 9.17) is 5.73 Å². The molecule has 0 aliphatic carbocycles. The van der Waals surface area contributed by atoms with Crippen molar-refractivity contribution < 1.29 is 9.59 Å². The van der Waals surface area contributed by atoms with Gasteiger partial charge in [0.25, 0.3) is 11.8 Å². The van der Waals surface area contributed by atoms with Gasteiger partial charge in [-0.05, 0) is 52.6 Å². The summed E-state index contributed by atoms with van der Waals surface area (Å²) in [6, 6.07) is 29.2. The summed E-state index contributed by atoms with van der Waals surface area (Å²) in [5, 5.41) is 5.90. The molecule has 1 aliphatic rings. The van der Waals surface area contributed by atoms with Crippen molar-refractivity contribution in [2.24, 2.45) is 5.73 Å². The maximum Gasteiger partial charge on any atom is 0.256 e. The monoisotopic (exact) mass is 465 g/mol. The number of hydrogen-bond donors (Lipinski definition) is 3. The number of benzene rings is 4. The van der Waals surface area contributed by atoms with Gasteiger partial charge >= 0.3 is 0 Å². The van der Waals surface area contributed by atoms with Gasteiger partial charge < -0.3 is 16.4 Å². The Morgan fingerprint density at radius 2 is 1.50 bits per heavy atom. The summed E-state index contributed by atoms with van der Waals surface area (Å²) in [6.07, 6.45) is 0. The van der Waals surface area contributed by atoms with Crippen LogP contribution >= 0.6 is 11.8 Å². The minimum absolute atomic E-state index is 0.169. The van der Waals surface area contributed by atoms with Crippen molar-refractivity contribution in [1.82, 2.24) is 5.32 Å². The number of nitrogens with one attached hydrogen (secondary N) is 2. The van der Waals surface area contributed by atoms with Crippen molar-refractivity contribution in [1.29, 1.82) is 0 Å². The molecule has 5 nitrogen and oxygen atoms in total. The Morgan fingerprint density at radius 1 is 0.824 bits per heavy atom. The Hall–Kier alpha value is -3.87. The van der Waals surface area contributed by atoms with Gasteiger partial charge in [0.1, 0.15) is 0 Å². The first-order valence-corrected chi connectivity index (χ1v) is 11.8. The van der Waals surface area contributed by atoms with Crippen molar-refractivity contribution >= 4 is 29.3 Å². The quantitative estimate of drug-likeness (QED) is 0.365. The summed E-state index contributed by atoms with van der Waals surface area (Å²) in [5.74, 6) is -0.359. The molecule has 5 rings (SSSR count). The van der Waals surface area contributed by atoms with Crippen LogP contribution in [0.2, 0.25) is 0 Å². The lowest BCUT2D eigenvalue weighted by Gasteiger charge is -2.10. The second-order valence-electron chi connectivity index (χ2n) is 8.04. The first kappa shape index (κ1) is 21.9. The van der Waals surface area contributed by atoms with Gasteiger partial charge in [0.15, 0.2) is 0 Å². The number of anilines is 1. The maximum absolute atomic E-state index is 12.8. The van der Waals surface area contributed by atoms with E-state index < -0.39 is 0 Å². The molecule has 0 fully saturated rings. The number of amides is 2. The summed E-state index contributed by atoms with van der Waals surface area (Å²) in [7, 11) is 0. The number of carbonyl (C=O) groups excluding carboxylic acids is 2. The normalized spacial score (nSPS) is 12.2. The van der Waals surface area contributed by atoms with Crippen molar-refractivity contribution in [2.45, 2.75) is 22.9 Å². The van der Waals surface area contributed by atoms with Gasteiger partial charge in [-0.3, -0.25) is 9.59 Å². The molecule has 4 aromatic rings. The molecule has 4 N–H and O–H groups in total. The fourth-order valence-electron chi connectivity index (χ4n) is 3.84. The highest BCUT2D eigenvalue weighted by molar-refractivity contribution is 7.99. The van der Waals surface area contributed by atoms with Crippen LogP contribution in [0.1, 0.15) is 31.8 Å². The number of nitrogens with two attached hydrogens (primary N) is 1. The van der Waals surface area contributed by atoms with Gasteiger partial charge in [-0.15, -0.1) is 0 Å². The summed E-state index contributed by atoms with van der Waals surface area (Å²) < 4.78 is 0. The lowest BCUT2D eigenvalue weighted by atomic mass is 10.0. The predicted octanol–water partition coefficient (Wildman–Crippen LogP) is 5.46. The molecule has 0 spiro atoms.